The van der Waals surface area contributed by atoms with E-state index in [9.17, 15) is 0 Å². The maximum absolute atomic E-state index is 4.02. The van der Waals surface area contributed by atoms with Gasteiger partial charge in [0.05, 0.1) is 0 Å². The van der Waals surface area contributed by atoms with E-state index >= 15 is 0 Å². The Morgan fingerprint density at radius 2 is 1.90 bits per heavy atom. The Kier molecular flexibility index (Phi) is 3.59. The summed E-state index contributed by atoms with van der Waals surface area (Å²) in [5.74, 6) is 0. The third-order valence-electron chi connectivity index (χ3n) is 1.83. The second-order valence-electron chi connectivity index (χ2n) is 3.86. The van der Waals surface area contributed by atoms with Crippen LogP contribution >= 0.6 is 9.24 Å². The minimum atomic E-state index is 0.345. The standard InChI is InChI=1S/C9H19P/c1-6-7(2)8(10)9(3,4)5/h8H,2,6,10H2,1,3-5H3. The number of allylic oxidation sites excluding steroid dienone is 1. The zero-order valence-corrected chi connectivity index (χ0v) is 8.72. The van der Waals surface area contributed by atoms with Crippen molar-refractivity contribution in [2.24, 2.45) is 5.41 Å². The van der Waals surface area contributed by atoms with Crippen molar-refractivity contribution in [2.45, 2.75) is 39.8 Å². The van der Waals surface area contributed by atoms with E-state index in [2.05, 4.69) is 43.5 Å². The molecule has 10 heavy (non-hydrogen) atoms. The van der Waals surface area contributed by atoms with E-state index in [4.69, 9.17) is 0 Å². The molecule has 0 aromatic rings. The minimum Gasteiger partial charge on any atom is -0.130 e. The first-order valence-electron chi connectivity index (χ1n) is 3.82. The van der Waals surface area contributed by atoms with Crippen molar-refractivity contribution in [3.63, 3.8) is 0 Å². The van der Waals surface area contributed by atoms with Crippen LogP contribution in [0, 0.1) is 5.41 Å². The van der Waals surface area contributed by atoms with Gasteiger partial charge in [-0.3, -0.25) is 0 Å². The van der Waals surface area contributed by atoms with E-state index in [1.54, 1.807) is 0 Å². The monoisotopic (exact) mass is 158 g/mol. The quantitative estimate of drug-likeness (QED) is 0.427. The first-order valence-corrected chi connectivity index (χ1v) is 4.49. The van der Waals surface area contributed by atoms with E-state index in [1.165, 1.54) is 5.57 Å². The summed E-state index contributed by atoms with van der Waals surface area (Å²) < 4.78 is 0. The molecule has 0 aromatic heterocycles. The molecule has 0 spiro atoms. The molecule has 0 nitrogen and oxygen atoms in total. The zero-order valence-electron chi connectivity index (χ0n) is 7.57. The molecule has 60 valence electrons. The molecule has 0 rings (SSSR count). The van der Waals surface area contributed by atoms with Gasteiger partial charge < -0.3 is 0 Å². The Labute approximate surface area is 67.3 Å². The van der Waals surface area contributed by atoms with Crippen LogP contribution in [0.15, 0.2) is 12.2 Å². The highest BCUT2D eigenvalue weighted by molar-refractivity contribution is 7.18. The molecule has 0 bridgehead atoms. The Balaban J connectivity index is 4.08. The van der Waals surface area contributed by atoms with Gasteiger partial charge >= 0.3 is 0 Å². The summed E-state index contributed by atoms with van der Waals surface area (Å²) in [6.45, 7) is 12.9. The maximum atomic E-state index is 4.02. The molecular weight excluding hydrogens is 139 g/mol. The van der Waals surface area contributed by atoms with Gasteiger partial charge in [0.2, 0.25) is 0 Å². The summed E-state index contributed by atoms with van der Waals surface area (Å²) in [4.78, 5) is 0. The van der Waals surface area contributed by atoms with E-state index in [-0.39, 0.29) is 0 Å². The van der Waals surface area contributed by atoms with Gasteiger partial charge in [0, 0.05) is 0 Å². The molecular formula is C9H19P. The molecule has 0 aliphatic heterocycles. The highest BCUT2D eigenvalue weighted by Crippen LogP contribution is 2.32. The highest BCUT2D eigenvalue weighted by Gasteiger charge is 2.21. The molecule has 0 aliphatic carbocycles. The van der Waals surface area contributed by atoms with Gasteiger partial charge in [-0.2, -0.15) is 0 Å². The van der Waals surface area contributed by atoms with Crippen molar-refractivity contribution >= 4 is 9.24 Å². The molecule has 0 fully saturated rings. The van der Waals surface area contributed by atoms with Gasteiger partial charge in [0.25, 0.3) is 0 Å². The van der Waals surface area contributed by atoms with Crippen LogP contribution in [0.3, 0.4) is 0 Å². The van der Waals surface area contributed by atoms with Gasteiger partial charge in [-0.05, 0) is 17.5 Å². The second kappa shape index (κ2) is 3.53. The van der Waals surface area contributed by atoms with Crippen molar-refractivity contribution < 1.29 is 0 Å². The Morgan fingerprint density at radius 1 is 1.50 bits per heavy atom. The molecule has 0 N–H and O–H groups in total. The van der Waals surface area contributed by atoms with E-state index in [0.717, 1.165) is 6.42 Å². The normalized spacial score (nSPS) is 14.9. The molecule has 2 unspecified atom stereocenters. The lowest BCUT2D eigenvalue weighted by Crippen LogP contribution is -2.21. The summed E-state index contributed by atoms with van der Waals surface area (Å²) in [5, 5.41) is 0. The van der Waals surface area contributed by atoms with Crippen LogP contribution in [0.4, 0.5) is 0 Å². The summed E-state index contributed by atoms with van der Waals surface area (Å²) in [7, 11) is 2.86. The smallest absolute Gasteiger partial charge is 0.00101 e. The summed E-state index contributed by atoms with van der Waals surface area (Å²) >= 11 is 0. The number of rotatable bonds is 2. The molecule has 0 aromatic carbocycles. The van der Waals surface area contributed by atoms with Gasteiger partial charge in [-0.15, -0.1) is 9.24 Å². The predicted molar refractivity (Wildman–Crippen MR) is 52.4 cm³/mol. The number of hydrogen-bond acceptors (Lipinski definition) is 0. The average molecular weight is 158 g/mol. The molecule has 1 heteroatoms. The second-order valence-corrected chi connectivity index (χ2v) is 4.52. The Hall–Kier alpha value is 0.170. The van der Waals surface area contributed by atoms with Gasteiger partial charge in [0.1, 0.15) is 0 Å². The first-order chi connectivity index (χ1) is 4.39. The van der Waals surface area contributed by atoms with E-state index in [0.29, 0.717) is 11.1 Å². The first kappa shape index (κ1) is 10.2. The van der Waals surface area contributed by atoms with Crippen molar-refractivity contribution in [2.75, 3.05) is 0 Å². The van der Waals surface area contributed by atoms with Crippen LogP contribution in [-0.4, -0.2) is 5.66 Å². The van der Waals surface area contributed by atoms with Crippen molar-refractivity contribution in [3.8, 4) is 0 Å². The molecule has 0 saturated heterocycles. The Morgan fingerprint density at radius 3 is 2.00 bits per heavy atom. The van der Waals surface area contributed by atoms with Crippen LogP contribution in [0.1, 0.15) is 34.1 Å². The number of hydrogen-bond donors (Lipinski definition) is 0. The maximum Gasteiger partial charge on any atom is -0.00101 e. The minimum absolute atomic E-state index is 0.345. The van der Waals surface area contributed by atoms with Crippen molar-refractivity contribution in [1.29, 1.82) is 0 Å². The molecule has 0 amide bonds. The average Bonchev–Trinajstić information content (AvgIpc) is 1.83. The van der Waals surface area contributed by atoms with Crippen LogP contribution in [0.2, 0.25) is 0 Å². The van der Waals surface area contributed by atoms with Crippen LogP contribution in [0.5, 0.6) is 0 Å². The highest BCUT2D eigenvalue weighted by atomic mass is 31.0. The summed E-state index contributed by atoms with van der Waals surface area (Å²) in [6, 6.07) is 0. The summed E-state index contributed by atoms with van der Waals surface area (Å²) in [5.41, 5.74) is 2.23. The lowest BCUT2D eigenvalue weighted by molar-refractivity contribution is 0.418. The fourth-order valence-electron chi connectivity index (χ4n) is 0.832. The SMILES string of the molecule is C=C(CC)C(P)C(C)(C)C. The molecule has 0 saturated carbocycles. The predicted octanol–water partition coefficient (Wildman–Crippen LogP) is 3.24. The van der Waals surface area contributed by atoms with Crippen molar-refractivity contribution in [3.05, 3.63) is 12.2 Å². The third-order valence-corrected chi connectivity index (χ3v) is 3.30. The molecule has 2 atom stereocenters. The molecule has 0 heterocycles. The van der Waals surface area contributed by atoms with Gasteiger partial charge in [0.15, 0.2) is 0 Å². The van der Waals surface area contributed by atoms with Gasteiger partial charge in [-0.1, -0.05) is 39.8 Å². The lowest BCUT2D eigenvalue weighted by Gasteiger charge is -2.28. The largest absolute Gasteiger partial charge is 0.130 e. The molecule has 0 aliphatic rings. The van der Waals surface area contributed by atoms with Gasteiger partial charge in [-0.25, -0.2) is 0 Å². The lowest BCUT2D eigenvalue weighted by atomic mass is 9.87. The van der Waals surface area contributed by atoms with Crippen LogP contribution in [0.25, 0.3) is 0 Å². The molecule has 0 radical (unpaired) electrons. The van der Waals surface area contributed by atoms with Crippen LogP contribution in [-0.2, 0) is 0 Å². The topological polar surface area (TPSA) is 0 Å². The zero-order chi connectivity index (χ0) is 8.36. The fourth-order valence-corrected chi connectivity index (χ4v) is 1.07. The third kappa shape index (κ3) is 2.84. The summed E-state index contributed by atoms with van der Waals surface area (Å²) in [6.07, 6.45) is 1.09. The van der Waals surface area contributed by atoms with Crippen molar-refractivity contribution in [1.82, 2.24) is 0 Å². The van der Waals surface area contributed by atoms with E-state index < -0.39 is 0 Å². The fraction of sp³-hybridized carbons (Fsp3) is 0.778. The Bertz CT molecular complexity index is 119. The van der Waals surface area contributed by atoms with E-state index in [1.807, 2.05) is 0 Å². The van der Waals surface area contributed by atoms with Crippen LogP contribution < -0.4 is 0 Å².